The minimum absolute atomic E-state index is 0.0666. The SMILES string of the molecule is Cc1ccc(S(=O)(=O)O)cc1.Cc1ccc(S(=O)(=O)O)cc1.Cn1c(=O)n(-c2ccc(C(C)(C)C#N)cc2)c2c3cc(-c4cnc5ccccc5c4)ccc3ncc21. The fourth-order valence-corrected chi connectivity index (χ4v) is 7.12. The van der Waals surface area contributed by atoms with Gasteiger partial charge < -0.3 is 0 Å². The van der Waals surface area contributed by atoms with Crippen molar-refractivity contribution in [2.24, 2.45) is 7.05 Å². The number of para-hydroxylation sites is 1. The first-order valence-electron chi connectivity index (χ1n) is 17.8. The summed E-state index contributed by atoms with van der Waals surface area (Å²) in [5.41, 5.74) is 8.12. The lowest BCUT2D eigenvalue weighted by Gasteiger charge is -2.16. The van der Waals surface area contributed by atoms with Crippen molar-refractivity contribution in [3.63, 3.8) is 0 Å². The summed E-state index contributed by atoms with van der Waals surface area (Å²) in [5.74, 6) is 0. The summed E-state index contributed by atoms with van der Waals surface area (Å²) in [4.78, 5) is 22.5. The van der Waals surface area contributed by atoms with E-state index in [-0.39, 0.29) is 15.5 Å². The van der Waals surface area contributed by atoms with Crippen molar-refractivity contribution in [2.75, 3.05) is 0 Å². The quantitative estimate of drug-likeness (QED) is 0.160. The Balaban J connectivity index is 0.000000210. The lowest BCUT2D eigenvalue weighted by atomic mass is 9.86. The van der Waals surface area contributed by atoms with Crippen LogP contribution in [-0.2, 0) is 32.7 Å². The number of rotatable bonds is 5. The molecule has 0 aliphatic heterocycles. The molecule has 0 bridgehead atoms. The molecule has 0 atom stereocenters. The van der Waals surface area contributed by atoms with Gasteiger partial charge in [-0.15, -0.1) is 0 Å². The van der Waals surface area contributed by atoms with E-state index in [4.69, 9.17) is 9.11 Å². The highest BCUT2D eigenvalue weighted by Crippen LogP contribution is 2.31. The predicted molar refractivity (Wildman–Crippen MR) is 225 cm³/mol. The van der Waals surface area contributed by atoms with Gasteiger partial charge in [-0.2, -0.15) is 22.1 Å². The molecule has 58 heavy (non-hydrogen) atoms. The van der Waals surface area contributed by atoms with Gasteiger partial charge in [0.25, 0.3) is 20.2 Å². The van der Waals surface area contributed by atoms with Crippen LogP contribution in [0.25, 0.3) is 49.7 Å². The molecule has 5 aromatic carbocycles. The van der Waals surface area contributed by atoms with Crippen molar-refractivity contribution >= 4 is 53.1 Å². The summed E-state index contributed by atoms with van der Waals surface area (Å²) in [6.45, 7) is 7.45. The number of aryl methyl sites for hydroxylation is 3. The second-order valence-electron chi connectivity index (χ2n) is 14.2. The normalized spacial score (nSPS) is 11.7. The molecule has 0 amide bonds. The molecule has 14 heteroatoms. The summed E-state index contributed by atoms with van der Waals surface area (Å²) in [6, 6.07) is 38.2. The van der Waals surface area contributed by atoms with Crippen LogP contribution < -0.4 is 5.69 Å². The number of hydrogen-bond donors (Lipinski definition) is 2. The van der Waals surface area contributed by atoms with Crippen molar-refractivity contribution in [2.45, 2.75) is 42.9 Å². The molecule has 0 saturated heterocycles. The van der Waals surface area contributed by atoms with Crippen LogP contribution >= 0.6 is 0 Å². The van der Waals surface area contributed by atoms with Gasteiger partial charge in [0.05, 0.1) is 55.2 Å². The highest BCUT2D eigenvalue weighted by atomic mass is 32.2. The molecule has 8 aromatic rings. The molecule has 0 unspecified atom stereocenters. The predicted octanol–water partition coefficient (Wildman–Crippen LogP) is 8.38. The summed E-state index contributed by atoms with van der Waals surface area (Å²) in [6.07, 6.45) is 3.63. The van der Waals surface area contributed by atoms with Crippen LogP contribution in [-0.4, -0.2) is 45.0 Å². The number of aromatic nitrogens is 4. The smallest absolute Gasteiger partial charge is 0.293 e. The first-order chi connectivity index (χ1) is 27.4. The Kier molecular flexibility index (Phi) is 11.5. The van der Waals surface area contributed by atoms with E-state index in [1.54, 1.807) is 46.6 Å². The second kappa shape index (κ2) is 16.2. The largest absolute Gasteiger partial charge is 0.333 e. The van der Waals surface area contributed by atoms with E-state index in [1.807, 2.05) is 88.5 Å². The molecular weight excluding hydrogens is 775 g/mol. The molecule has 0 aliphatic carbocycles. The van der Waals surface area contributed by atoms with Gasteiger partial charge in [0.1, 0.15) is 0 Å². The van der Waals surface area contributed by atoms with Crippen molar-refractivity contribution < 1.29 is 25.9 Å². The van der Waals surface area contributed by atoms with Crippen LogP contribution in [0, 0.1) is 25.2 Å². The molecule has 0 spiro atoms. The third-order valence-corrected chi connectivity index (χ3v) is 11.3. The van der Waals surface area contributed by atoms with E-state index in [0.717, 1.165) is 66.3 Å². The van der Waals surface area contributed by atoms with E-state index in [9.17, 15) is 26.9 Å². The Labute approximate surface area is 335 Å². The molecule has 0 aliphatic rings. The monoisotopic (exact) mass is 813 g/mol. The van der Waals surface area contributed by atoms with Crippen LogP contribution in [0.5, 0.6) is 0 Å². The number of benzene rings is 5. The van der Waals surface area contributed by atoms with Gasteiger partial charge in [-0.25, -0.2) is 4.79 Å². The van der Waals surface area contributed by atoms with Gasteiger partial charge in [0.2, 0.25) is 0 Å². The molecule has 3 heterocycles. The third kappa shape index (κ3) is 8.88. The minimum Gasteiger partial charge on any atom is -0.293 e. The van der Waals surface area contributed by atoms with Crippen LogP contribution in [0.15, 0.2) is 148 Å². The molecule has 12 nitrogen and oxygen atoms in total. The molecule has 2 N–H and O–H groups in total. The number of fused-ring (bicyclic) bond motifs is 4. The summed E-state index contributed by atoms with van der Waals surface area (Å²) < 4.78 is 62.5. The second-order valence-corrected chi connectivity index (χ2v) is 17.0. The fourth-order valence-electron chi connectivity index (χ4n) is 6.16. The Morgan fingerprint density at radius 1 is 0.672 bits per heavy atom. The average molecular weight is 814 g/mol. The van der Waals surface area contributed by atoms with Gasteiger partial charge >= 0.3 is 5.69 Å². The number of imidazole rings is 1. The molecule has 8 rings (SSSR count). The van der Waals surface area contributed by atoms with Gasteiger partial charge in [-0.1, -0.05) is 71.8 Å². The van der Waals surface area contributed by atoms with E-state index in [2.05, 4.69) is 34.2 Å². The third-order valence-electron chi connectivity index (χ3n) is 9.57. The van der Waals surface area contributed by atoms with Crippen LogP contribution in [0.1, 0.15) is 30.5 Å². The maximum atomic E-state index is 13.4. The number of hydrogen-bond acceptors (Lipinski definition) is 8. The Hall–Kier alpha value is -6.50. The van der Waals surface area contributed by atoms with Crippen LogP contribution in [0.2, 0.25) is 0 Å². The lowest BCUT2D eigenvalue weighted by Crippen LogP contribution is -2.21. The Morgan fingerprint density at radius 2 is 1.22 bits per heavy atom. The Morgan fingerprint density at radius 3 is 1.78 bits per heavy atom. The number of pyridine rings is 2. The minimum atomic E-state index is -4.02. The molecule has 294 valence electrons. The van der Waals surface area contributed by atoms with E-state index in [0.29, 0.717) is 0 Å². The standard InChI is InChI=1S/C30H23N5O.2C7H8O3S/c1-30(2,18-31)22-9-11-23(12-10-22)35-28-24-15-19(21-14-20-6-4-5-7-25(20)32-16-21)8-13-26(24)33-17-27(28)34(3)29(35)36;2*1-6-2-4-7(5-3-6)11(8,9)10/h4-17H,1-3H3;2*2-5H,1H3,(H,8,9,10). The van der Waals surface area contributed by atoms with Crippen molar-refractivity contribution in [1.82, 2.24) is 19.1 Å². The number of nitrogens with zero attached hydrogens (tertiary/aromatic N) is 5. The zero-order chi connectivity index (χ0) is 42.0. The molecule has 0 fully saturated rings. The van der Waals surface area contributed by atoms with Crippen molar-refractivity contribution in [1.29, 1.82) is 5.26 Å². The topological polar surface area (TPSA) is 185 Å². The fraction of sp³-hybridized carbons (Fsp3) is 0.136. The van der Waals surface area contributed by atoms with Gasteiger partial charge in [0.15, 0.2) is 0 Å². The van der Waals surface area contributed by atoms with Gasteiger partial charge in [0, 0.05) is 29.6 Å². The van der Waals surface area contributed by atoms with E-state index < -0.39 is 25.7 Å². The average Bonchev–Trinajstić information content (AvgIpc) is 3.46. The maximum absolute atomic E-state index is 13.4. The highest BCUT2D eigenvalue weighted by molar-refractivity contribution is 7.86. The van der Waals surface area contributed by atoms with E-state index in [1.165, 1.54) is 24.3 Å². The summed E-state index contributed by atoms with van der Waals surface area (Å²) in [5, 5.41) is 11.5. The van der Waals surface area contributed by atoms with Crippen molar-refractivity contribution in [3.8, 4) is 22.9 Å². The van der Waals surface area contributed by atoms with Gasteiger partial charge in [-0.05, 0) is 99.5 Å². The van der Waals surface area contributed by atoms with Crippen LogP contribution in [0.3, 0.4) is 0 Å². The maximum Gasteiger partial charge on any atom is 0.333 e. The molecule has 0 radical (unpaired) electrons. The first kappa shape index (κ1) is 41.1. The lowest BCUT2D eigenvalue weighted by molar-refractivity contribution is 0.481. The molecule has 0 saturated carbocycles. The summed E-state index contributed by atoms with van der Waals surface area (Å²) >= 11 is 0. The zero-order valence-corrected chi connectivity index (χ0v) is 33.8. The molecular formula is C44H39N5O7S2. The van der Waals surface area contributed by atoms with Gasteiger partial charge in [-0.3, -0.25) is 28.2 Å². The highest BCUT2D eigenvalue weighted by Gasteiger charge is 2.21. The van der Waals surface area contributed by atoms with Crippen LogP contribution in [0.4, 0.5) is 0 Å². The van der Waals surface area contributed by atoms with Crippen molar-refractivity contribution in [3.05, 3.63) is 161 Å². The van der Waals surface area contributed by atoms with E-state index >= 15 is 0 Å². The Bertz CT molecular complexity index is 3060. The number of nitriles is 1. The first-order valence-corrected chi connectivity index (χ1v) is 20.7. The zero-order valence-electron chi connectivity index (χ0n) is 32.2. The molecule has 3 aromatic heterocycles. The summed E-state index contributed by atoms with van der Waals surface area (Å²) in [7, 11) is -6.28.